The molecule has 7 nitrogen and oxygen atoms in total. The van der Waals surface area contributed by atoms with E-state index in [2.05, 4.69) is 4.98 Å². The van der Waals surface area contributed by atoms with E-state index in [1.807, 2.05) is 67.6 Å². The number of rotatable bonds is 4. The van der Waals surface area contributed by atoms with Crippen LogP contribution in [0.15, 0.2) is 70.6 Å². The van der Waals surface area contributed by atoms with Gasteiger partial charge in [-0.2, -0.15) is 0 Å². The van der Waals surface area contributed by atoms with Crippen LogP contribution in [0.3, 0.4) is 0 Å². The molecule has 4 aromatic rings. The van der Waals surface area contributed by atoms with Gasteiger partial charge in [0.2, 0.25) is 11.1 Å². The Hall–Kier alpha value is -3.65. The first-order valence-corrected chi connectivity index (χ1v) is 11.7. The van der Waals surface area contributed by atoms with Crippen LogP contribution in [0.4, 0.5) is 5.69 Å². The van der Waals surface area contributed by atoms with E-state index in [1.54, 1.807) is 16.7 Å². The molecule has 8 heteroatoms. The second kappa shape index (κ2) is 8.37. The van der Waals surface area contributed by atoms with Crippen molar-refractivity contribution in [3.8, 4) is 17.0 Å². The number of carbonyl (C=O) groups is 1. The zero-order chi connectivity index (χ0) is 23.1. The van der Waals surface area contributed by atoms with Crippen LogP contribution in [-0.4, -0.2) is 28.9 Å². The van der Waals surface area contributed by atoms with E-state index in [0.29, 0.717) is 22.1 Å². The maximum Gasteiger partial charge on any atom is 0.325 e. The number of hydrogen-bond acceptors (Lipinski definition) is 5. The maximum atomic E-state index is 13.3. The van der Waals surface area contributed by atoms with Crippen LogP contribution in [0.25, 0.3) is 22.0 Å². The van der Waals surface area contributed by atoms with Gasteiger partial charge in [-0.05, 0) is 40.1 Å². The number of para-hydroxylation sites is 1. The lowest BCUT2D eigenvalue weighted by atomic mass is 9.97. The van der Waals surface area contributed by atoms with Crippen molar-refractivity contribution in [1.29, 1.82) is 0 Å². The Balaban J connectivity index is 1.89. The lowest BCUT2D eigenvalue weighted by molar-refractivity contribution is -0.762. The SMILES string of the molecule is CCSc1n[n+]2c(c(=O)[nH]1)-c1ccccc1N(C(C)=O)[C@@H]2c1ccc(OC)c2ccccc12. The lowest BCUT2D eigenvalue weighted by Crippen LogP contribution is -2.60. The molecule has 3 aromatic carbocycles. The standard InChI is InChI=1S/C25H22N4O3S/c1-4-33-25-26-23(31)22-19-11-7-8-12-20(19)28(15(2)30)24(29(22)27-25)18-13-14-21(32-3)17-10-6-5-9-16(17)18/h5-14,24H,4H2,1-3H3/p+1/t24-/m0/s1. The third-order valence-electron chi connectivity index (χ3n) is 5.79. The number of aromatic nitrogens is 3. The molecule has 0 radical (unpaired) electrons. The first-order chi connectivity index (χ1) is 16.0. The summed E-state index contributed by atoms with van der Waals surface area (Å²) >= 11 is 1.45. The molecule has 33 heavy (non-hydrogen) atoms. The third-order valence-corrected chi connectivity index (χ3v) is 6.54. The molecule has 1 aromatic heterocycles. The monoisotopic (exact) mass is 459 g/mol. The zero-order valence-electron chi connectivity index (χ0n) is 18.5. The molecule has 1 N–H and O–H groups in total. The number of carbonyl (C=O) groups excluding carboxylic acids is 1. The summed E-state index contributed by atoms with van der Waals surface area (Å²) in [4.78, 5) is 31.0. The van der Waals surface area contributed by atoms with Crippen LogP contribution in [-0.2, 0) is 4.79 Å². The third kappa shape index (κ3) is 3.38. The topological polar surface area (TPSA) is 79.2 Å². The normalized spacial score (nSPS) is 14.6. The van der Waals surface area contributed by atoms with Gasteiger partial charge in [0, 0.05) is 17.4 Å². The van der Waals surface area contributed by atoms with Gasteiger partial charge in [0.05, 0.1) is 23.9 Å². The predicted octanol–water partition coefficient (Wildman–Crippen LogP) is 3.91. The summed E-state index contributed by atoms with van der Waals surface area (Å²) in [6.07, 6.45) is -0.637. The molecular formula is C25H23N4O3S+. The number of ether oxygens (including phenoxy) is 1. The van der Waals surface area contributed by atoms with E-state index < -0.39 is 6.17 Å². The Morgan fingerprint density at radius 1 is 1.12 bits per heavy atom. The van der Waals surface area contributed by atoms with Crippen LogP contribution in [0.5, 0.6) is 5.75 Å². The van der Waals surface area contributed by atoms with E-state index >= 15 is 0 Å². The molecule has 0 fully saturated rings. The molecule has 1 aliphatic rings. The Bertz CT molecular complexity index is 1450. The summed E-state index contributed by atoms with van der Waals surface area (Å²) in [5.41, 5.74) is 2.39. The van der Waals surface area contributed by atoms with Crippen molar-refractivity contribution in [2.75, 3.05) is 17.8 Å². The van der Waals surface area contributed by atoms with Crippen LogP contribution >= 0.6 is 11.8 Å². The smallest absolute Gasteiger partial charge is 0.325 e. The molecule has 0 spiro atoms. The van der Waals surface area contributed by atoms with E-state index in [9.17, 15) is 9.59 Å². The molecule has 1 amide bonds. The van der Waals surface area contributed by atoms with Crippen LogP contribution in [0.2, 0.25) is 0 Å². The number of aromatic amines is 1. The van der Waals surface area contributed by atoms with Crippen molar-refractivity contribution < 1.29 is 14.2 Å². The number of benzene rings is 3. The minimum atomic E-state index is -0.637. The van der Waals surface area contributed by atoms with Gasteiger partial charge >= 0.3 is 11.3 Å². The number of nitrogens with one attached hydrogen (secondary N) is 1. The first-order valence-electron chi connectivity index (χ1n) is 10.7. The second-order valence-electron chi connectivity index (χ2n) is 7.67. The highest BCUT2D eigenvalue weighted by Crippen LogP contribution is 2.40. The average molecular weight is 460 g/mol. The lowest BCUT2D eigenvalue weighted by Gasteiger charge is -2.32. The van der Waals surface area contributed by atoms with E-state index in [1.165, 1.54) is 18.7 Å². The number of hydrogen-bond donors (Lipinski definition) is 1. The van der Waals surface area contributed by atoms with Crippen molar-refractivity contribution in [3.05, 3.63) is 76.6 Å². The van der Waals surface area contributed by atoms with Gasteiger partial charge in [0.1, 0.15) is 5.75 Å². The molecular weight excluding hydrogens is 436 g/mol. The Kier molecular flexibility index (Phi) is 5.38. The van der Waals surface area contributed by atoms with Gasteiger partial charge in [-0.3, -0.25) is 14.6 Å². The van der Waals surface area contributed by atoms with Gasteiger partial charge in [0.15, 0.2) is 0 Å². The number of nitrogens with zero attached hydrogens (tertiary/aromatic N) is 3. The molecule has 0 aliphatic carbocycles. The maximum absolute atomic E-state index is 13.3. The van der Waals surface area contributed by atoms with E-state index in [0.717, 1.165) is 27.8 Å². The van der Waals surface area contributed by atoms with Crippen molar-refractivity contribution in [1.82, 2.24) is 10.1 Å². The molecule has 0 saturated heterocycles. The minimum absolute atomic E-state index is 0.141. The Labute approximate surface area is 195 Å². The molecule has 1 aliphatic heterocycles. The summed E-state index contributed by atoms with van der Waals surface area (Å²) < 4.78 is 7.27. The summed E-state index contributed by atoms with van der Waals surface area (Å²) in [6, 6.07) is 19.2. The van der Waals surface area contributed by atoms with Gasteiger partial charge in [-0.15, -0.1) is 0 Å². The molecule has 2 heterocycles. The molecule has 0 saturated carbocycles. The molecule has 0 unspecified atom stereocenters. The fourth-order valence-corrected chi connectivity index (χ4v) is 5.08. The Morgan fingerprint density at radius 3 is 2.58 bits per heavy atom. The van der Waals surface area contributed by atoms with Crippen molar-refractivity contribution in [3.63, 3.8) is 0 Å². The quantitative estimate of drug-likeness (QED) is 0.370. The van der Waals surface area contributed by atoms with Gasteiger partial charge in [0.25, 0.3) is 6.17 Å². The van der Waals surface area contributed by atoms with Crippen LogP contribution in [0.1, 0.15) is 25.6 Å². The summed E-state index contributed by atoms with van der Waals surface area (Å²) in [7, 11) is 1.64. The number of anilines is 1. The van der Waals surface area contributed by atoms with E-state index in [-0.39, 0.29) is 11.5 Å². The van der Waals surface area contributed by atoms with Gasteiger partial charge < -0.3 is 4.74 Å². The molecule has 166 valence electrons. The van der Waals surface area contributed by atoms with Crippen molar-refractivity contribution >= 4 is 34.1 Å². The molecule has 1 atom stereocenters. The fraction of sp³-hybridized carbons (Fsp3) is 0.200. The summed E-state index contributed by atoms with van der Waals surface area (Å²) in [6.45, 7) is 3.54. The van der Waals surface area contributed by atoms with Crippen LogP contribution in [0, 0.1) is 0 Å². The number of amides is 1. The summed E-state index contributed by atoms with van der Waals surface area (Å²) in [5.74, 6) is 1.36. The zero-order valence-corrected chi connectivity index (χ0v) is 19.3. The van der Waals surface area contributed by atoms with Crippen molar-refractivity contribution in [2.24, 2.45) is 0 Å². The largest absolute Gasteiger partial charge is 0.496 e. The van der Waals surface area contributed by atoms with Gasteiger partial charge in [-0.1, -0.05) is 55.1 Å². The van der Waals surface area contributed by atoms with E-state index in [4.69, 9.17) is 9.84 Å². The highest BCUT2D eigenvalue weighted by atomic mass is 32.2. The number of fused-ring (bicyclic) bond motifs is 4. The number of H-pyrrole nitrogens is 1. The minimum Gasteiger partial charge on any atom is -0.496 e. The Morgan fingerprint density at radius 2 is 1.85 bits per heavy atom. The van der Waals surface area contributed by atoms with Gasteiger partial charge in [-0.25, -0.2) is 4.90 Å². The van der Waals surface area contributed by atoms with Crippen molar-refractivity contribution in [2.45, 2.75) is 25.2 Å². The molecule has 5 rings (SSSR count). The number of methoxy groups -OCH3 is 1. The first kappa shape index (κ1) is 21.2. The van der Waals surface area contributed by atoms with Crippen LogP contribution < -0.4 is 19.9 Å². The summed E-state index contributed by atoms with van der Waals surface area (Å²) in [5, 5.41) is 7.17. The second-order valence-corrected chi connectivity index (χ2v) is 8.92. The average Bonchev–Trinajstić information content (AvgIpc) is 2.82. The highest BCUT2D eigenvalue weighted by molar-refractivity contribution is 7.99. The predicted molar refractivity (Wildman–Crippen MR) is 129 cm³/mol. The highest BCUT2D eigenvalue weighted by Gasteiger charge is 2.45. The number of thioether (sulfide) groups is 1. The molecule has 0 bridgehead atoms. The fourth-order valence-electron chi connectivity index (χ4n) is 4.49.